The molecule has 3 N–H and O–H groups in total. The molecular weight excluding hydrogens is 401 g/mol. The molecule has 0 aliphatic heterocycles. The maximum atomic E-state index is 12.3. The van der Waals surface area contributed by atoms with Crippen LogP contribution < -0.4 is 5.43 Å². The van der Waals surface area contributed by atoms with E-state index in [0.29, 0.717) is 11.9 Å². The van der Waals surface area contributed by atoms with Gasteiger partial charge in [0.1, 0.15) is 5.56 Å². The van der Waals surface area contributed by atoms with E-state index in [4.69, 9.17) is 0 Å². The average Bonchev–Trinajstić information content (AvgIpc) is 2.49. The number of benzene rings is 1. The molecule has 1 aromatic heterocycles. The molecule has 0 radical (unpaired) electrons. The molecule has 2 unspecified atom stereocenters. The summed E-state index contributed by atoms with van der Waals surface area (Å²) in [6.45, 7) is 1.40. The number of hydrogen-bond donors (Lipinski definition) is 3. The lowest BCUT2D eigenvalue weighted by Crippen LogP contribution is -2.30. The smallest absolute Gasteiger partial charge is 0.341 e. The van der Waals surface area contributed by atoms with Gasteiger partial charge < -0.3 is 19.9 Å². The van der Waals surface area contributed by atoms with Crippen molar-refractivity contribution in [2.75, 3.05) is 6.61 Å². The van der Waals surface area contributed by atoms with Gasteiger partial charge in [-0.05, 0) is 47.2 Å². The van der Waals surface area contributed by atoms with Crippen molar-refractivity contribution in [3.8, 4) is 0 Å². The van der Waals surface area contributed by atoms with Crippen LogP contribution in [0.5, 0.6) is 0 Å². The van der Waals surface area contributed by atoms with Crippen LogP contribution >= 0.6 is 22.6 Å². The van der Waals surface area contributed by atoms with Crippen LogP contribution in [0.1, 0.15) is 29.7 Å². The highest BCUT2D eigenvalue weighted by Crippen LogP contribution is 2.22. The zero-order chi connectivity index (χ0) is 16.4. The lowest BCUT2D eigenvalue weighted by atomic mass is 10.1. The summed E-state index contributed by atoms with van der Waals surface area (Å²) in [5.41, 5.74) is -0.460. The predicted octanol–water partition coefficient (Wildman–Crippen LogP) is 1.61. The first-order valence-electron chi connectivity index (χ1n) is 6.77. The highest BCUT2D eigenvalue weighted by Gasteiger charge is 2.23. The van der Waals surface area contributed by atoms with E-state index in [1.54, 1.807) is 25.1 Å². The van der Waals surface area contributed by atoms with Crippen LogP contribution in [-0.4, -0.2) is 38.6 Å². The normalized spacial score (nSPS) is 14.0. The molecule has 0 bridgehead atoms. The fraction of sp³-hybridized carbons (Fsp3) is 0.333. The number of pyridine rings is 1. The fourth-order valence-electron chi connectivity index (χ4n) is 2.42. The minimum Gasteiger partial charge on any atom is -0.477 e. The number of halogens is 1. The molecule has 1 aromatic carbocycles. The third kappa shape index (κ3) is 3.01. The van der Waals surface area contributed by atoms with Gasteiger partial charge in [-0.15, -0.1) is 0 Å². The van der Waals surface area contributed by atoms with Crippen LogP contribution in [0.25, 0.3) is 10.9 Å². The summed E-state index contributed by atoms with van der Waals surface area (Å²) in [5, 5.41) is 29.1. The summed E-state index contributed by atoms with van der Waals surface area (Å²) < 4.78 is 2.28. The zero-order valence-corrected chi connectivity index (χ0v) is 14.0. The van der Waals surface area contributed by atoms with Crippen LogP contribution in [0.3, 0.4) is 0 Å². The molecule has 2 aromatic rings. The number of aromatic carboxylic acids is 1. The van der Waals surface area contributed by atoms with Gasteiger partial charge >= 0.3 is 5.97 Å². The second-order valence-electron chi connectivity index (χ2n) is 4.97. The van der Waals surface area contributed by atoms with Crippen molar-refractivity contribution < 1.29 is 20.1 Å². The van der Waals surface area contributed by atoms with Gasteiger partial charge in [0.2, 0.25) is 5.43 Å². The Kier molecular flexibility index (Phi) is 5.20. The molecule has 0 aliphatic rings. The molecule has 6 nitrogen and oxygen atoms in total. The summed E-state index contributed by atoms with van der Waals surface area (Å²) >= 11 is 2.04. The second kappa shape index (κ2) is 6.76. The van der Waals surface area contributed by atoms with E-state index >= 15 is 0 Å². The monoisotopic (exact) mass is 417 g/mol. The first-order valence-corrected chi connectivity index (χ1v) is 7.85. The number of carboxylic acid groups (broad SMARTS) is 1. The van der Waals surface area contributed by atoms with Gasteiger partial charge in [0, 0.05) is 15.2 Å². The molecular formula is C15H16INO5. The van der Waals surface area contributed by atoms with Crippen LogP contribution in [-0.2, 0) is 0 Å². The fourth-order valence-corrected chi connectivity index (χ4v) is 2.91. The molecule has 0 amide bonds. The average molecular weight is 417 g/mol. The molecule has 0 spiro atoms. The quantitative estimate of drug-likeness (QED) is 0.643. The largest absolute Gasteiger partial charge is 0.477 e. The predicted molar refractivity (Wildman–Crippen MR) is 90.3 cm³/mol. The van der Waals surface area contributed by atoms with Gasteiger partial charge in [0.05, 0.1) is 24.3 Å². The van der Waals surface area contributed by atoms with E-state index in [1.807, 2.05) is 22.6 Å². The number of carboxylic acids is 1. The Morgan fingerprint density at radius 1 is 1.41 bits per heavy atom. The molecule has 1 heterocycles. The molecule has 0 saturated heterocycles. The van der Waals surface area contributed by atoms with E-state index in [1.165, 1.54) is 10.8 Å². The van der Waals surface area contributed by atoms with Crippen molar-refractivity contribution in [2.24, 2.45) is 0 Å². The molecule has 2 atom stereocenters. The third-order valence-corrected chi connectivity index (χ3v) is 4.30. The summed E-state index contributed by atoms with van der Waals surface area (Å²) in [4.78, 5) is 23.6. The lowest BCUT2D eigenvalue weighted by Gasteiger charge is -2.25. The maximum absolute atomic E-state index is 12.3. The van der Waals surface area contributed by atoms with E-state index in [-0.39, 0.29) is 17.6 Å². The van der Waals surface area contributed by atoms with Gasteiger partial charge in [-0.25, -0.2) is 4.79 Å². The topological polar surface area (TPSA) is 99.8 Å². The van der Waals surface area contributed by atoms with Gasteiger partial charge in [-0.1, -0.05) is 6.92 Å². The number of rotatable bonds is 5. The molecule has 7 heteroatoms. The van der Waals surface area contributed by atoms with E-state index in [9.17, 15) is 24.9 Å². The van der Waals surface area contributed by atoms with Crippen LogP contribution in [0.2, 0.25) is 0 Å². The summed E-state index contributed by atoms with van der Waals surface area (Å²) in [6, 6.07) is 4.36. The Bertz CT molecular complexity index is 770. The number of aromatic nitrogens is 1. The summed E-state index contributed by atoms with van der Waals surface area (Å²) in [7, 11) is 0. The number of hydrogen-bond acceptors (Lipinski definition) is 4. The van der Waals surface area contributed by atoms with Crippen LogP contribution in [0, 0.1) is 3.57 Å². The van der Waals surface area contributed by atoms with E-state index in [2.05, 4.69) is 0 Å². The molecule has 22 heavy (non-hydrogen) atoms. The highest BCUT2D eigenvalue weighted by molar-refractivity contribution is 14.1. The summed E-state index contributed by atoms with van der Waals surface area (Å²) in [6.07, 6.45) is 0.738. The zero-order valence-electron chi connectivity index (χ0n) is 11.9. The number of aliphatic hydroxyl groups is 2. The van der Waals surface area contributed by atoms with Crippen LogP contribution in [0.15, 0.2) is 29.2 Å². The molecule has 118 valence electrons. The van der Waals surface area contributed by atoms with Crippen molar-refractivity contribution in [1.29, 1.82) is 0 Å². The Morgan fingerprint density at radius 2 is 2.09 bits per heavy atom. The number of aliphatic hydroxyl groups excluding tert-OH is 2. The Labute approximate surface area is 140 Å². The third-order valence-electron chi connectivity index (χ3n) is 3.63. The molecule has 0 aliphatic carbocycles. The van der Waals surface area contributed by atoms with Crippen molar-refractivity contribution in [3.63, 3.8) is 0 Å². The van der Waals surface area contributed by atoms with E-state index in [0.717, 1.165) is 3.57 Å². The number of fused-ring (bicyclic) bond motifs is 1. The minimum atomic E-state index is -1.33. The first-order chi connectivity index (χ1) is 10.4. The first kappa shape index (κ1) is 16.9. The molecule has 0 fully saturated rings. The molecule has 0 saturated carbocycles. The van der Waals surface area contributed by atoms with Gasteiger partial charge in [-0.2, -0.15) is 0 Å². The molecule has 2 rings (SSSR count). The SMILES string of the molecule is CCC(O)C(CO)n1cc(C(=O)O)c(=O)c2cc(I)ccc21. The number of carbonyl (C=O) groups is 1. The van der Waals surface area contributed by atoms with Crippen molar-refractivity contribution in [1.82, 2.24) is 4.57 Å². The summed E-state index contributed by atoms with van der Waals surface area (Å²) in [5.74, 6) is -1.33. The van der Waals surface area contributed by atoms with Crippen molar-refractivity contribution in [2.45, 2.75) is 25.5 Å². The Hall–Kier alpha value is -1.45. The van der Waals surface area contributed by atoms with Crippen LogP contribution in [0.4, 0.5) is 0 Å². The minimum absolute atomic E-state index is 0.258. The van der Waals surface area contributed by atoms with Gasteiger partial charge in [0.25, 0.3) is 0 Å². The standard InChI is InChI=1S/C15H16INO5/c1-2-13(19)12(7-18)17-6-10(15(21)22)14(20)9-5-8(16)3-4-11(9)17/h3-6,12-13,18-19H,2,7H2,1H3,(H,21,22). The van der Waals surface area contributed by atoms with E-state index < -0.39 is 23.5 Å². The Morgan fingerprint density at radius 3 is 2.64 bits per heavy atom. The van der Waals surface area contributed by atoms with Gasteiger partial charge in [-0.3, -0.25) is 4.79 Å². The maximum Gasteiger partial charge on any atom is 0.341 e. The van der Waals surface area contributed by atoms with Crippen molar-refractivity contribution >= 4 is 39.5 Å². The number of nitrogens with zero attached hydrogens (tertiary/aromatic N) is 1. The lowest BCUT2D eigenvalue weighted by molar-refractivity contribution is 0.0670. The Balaban J connectivity index is 2.85. The van der Waals surface area contributed by atoms with Gasteiger partial charge in [0.15, 0.2) is 0 Å². The highest BCUT2D eigenvalue weighted by atomic mass is 127. The van der Waals surface area contributed by atoms with Crippen molar-refractivity contribution in [3.05, 3.63) is 43.8 Å². The second-order valence-corrected chi connectivity index (χ2v) is 6.22.